The van der Waals surface area contributed by atoms with Gasteiger partial charge in [-0.05, 0) is 51.4 Å². The number of nitrogens with one attached hydrogen (secondary N) is 1. The van der Waals surface area contributed by atoms with Crippen molar-refractivity contribution in [2.75, 3.05) is 13.2 Å². The van der Waals surface area contributed by atoms with E-state index in [1.54, 1.807) is 0 Å². The molecular formula is C53H103NO5. The lowest BCUT2D eigenvalue weighted by Crippen LogP contribution is -2.45. The van der Waals surface area contributed by atoms with Crippen molar-refractivity contribution < 1.29 is 24.5 Å². The van der Waals surface area contributed by atoms with Gasteiger partial charge in [0.15, 0.2) is 0 Å². The van der Waals surface area contributed by atoms with Gasteiger partial charge in [0.1, 0.15) is 0 Å². The standard InChI is InChI=1S/C53H103NO5/c1-3-5-7-9-11-13-25-29-33-37-41-45-51(56)50(49-55)54-52(57)46-42-38-34-30-27-23-21-19-17-15-16-18-20-22-24-28-32-36-40-44-48-59-53(58)47-43-39-35-31-26-14-12-10-8-6-4-2/h15,17,50-51,55-56H,3-14,16,18-49H2,1-2H3,(H,54,57)/b17-15-. The summed E-state index contributed by atoms with van der Waals surface area (Å²) in [5.74, 6) is -0.0383. The molecule has 3 N–H and O–H groups in total. The molecule has 1 amide bonds. The van der Waals surface area contributed by atoms with Crippen molar-refractivity contribution in [2.24, 2.45) is 0 Å². The van der Waals surface area contributed by atoms with Gasteiger partial charge in [0, 0.05) is 12.8 Å². The molecule has 59 heavy (non-hydrogen) atoms. The number of aliphatic hydroxyl groups excluding tert-OH is 2. The number of esters is 1. The molecule has 0 heterocycles. The van der Waals surface area contributed by atoms with E-state index in [4.69, 9.17) is 4.74 Å². The number of hydrogen-bond acceptors (Lipinski definition) is 5. The van der Waals surface area contributed by atoms with Gasteiger partial charge in [-0.25, -0.2) is 0 Å². The molecule has 6 heteroatoms. The van der Waals surface area contributed by atoms with Gasteiger partial charge in [-0.15, -0.1) is 0 Å². The molecule has 0 aromatic heterocycles. The third-order valence-corrected chi connectivity index (χ3v) is 12.3. The molecule has 0 spiro atoms. The van der Waals surface area contributed by atoms with E-state index in [0.717, 1.165) is 38.5 Å². The molecule has 0 aromatic rings. The lowest BCUT2D eigenvalue weighted by molar-refractivity contribution is -0.143. The van der Waals surface area contributed by atoms with Crippen LogP contribution in [0.3, 0.4) is 0 Å². The summed E-state index contributed by atoms with van der Waals surface area (Å²) < 4.78 is 5.45. The number of aliphatic hydroxyl groups is 2. The summed E-state index contributed by atoms with van der Waals surface area (Å²) in [4.78, 5) is 24.4. The second kappa shape index (κ2) is 49.3. The van der Waals surface area contributed by atoms with Gasteiger partial charge in [0.2, 0.25) is 5.91 Å². The van der Waals surface area contributed by atoms with E-state index in [9.17, 15) is 19.8 Å². The van der Waals surface area contributed by atoms with Crippen LogP contribution in [0.25, 0.3) is 0 Å². The molecule has 0 aliphatic rings. The third kappa shape index (κ3) is 45.9. The summed E-state index contributed by atoms with van der Waals surface area (Å²) in [5.41, 5.74) is 0. The highest BCUT2D eigenvalue weighted by Gasteiger charge is 2.20. The fourth-order valence-electron chi connectivity index (χ4n) is 8.22. The fraction of sp³-hybridized carbons (Fsp3) is 0.925. The minimum absolute atomic E-state index is 0.00590. The third-order valence-electron chi connectivity index (χ3n) is 12.3. The molecule has 0 aliphatic heterocycles. The van der Waals surface area contributed by atoms with Crippen LogP contribution >= 0.6 is 0 Å². The van der Waals surface area contributed by atoms with Crippen LogP contribution in [0.15, 0.2) is 12.2 Å². The Hall–Kier alpha value is -1.40. The average Bonchev–Trinajstić information content (AvgIpc) is 3.24. The number of hydrogen-bond donors (Lipinski definition) is 3. The maximum absolute atomic E-state index is 12.4. The van der Waals surface area contributed by atoms with Gasteiger partial charge < -0.3 is 20.3 Å². The number of unbranched alkanes of at least 4 members (excludes halogenated alkanes) is 36. The summed E-state index contributed by atoms with van der Waals surface area (Å²) in [5, 5.41) is 23.1. The van der Waals surface area contributed by atoms with Crippen molar-refractivity contribution >= 4 is 11.9 Å². The molecule has 2 atom stereocenters. The Morgan fingerprint density at radius 2 is 0.797 bits per heavy atom. The first-order chi connectivity index (χ1) is 29.0. The highest BCUT2D eigenvalue weighted by molar-refractivity contribution is 5.76. The number of allylic oxidation sites excluding steroid dienone is 2. The van der Waals surface area contributed by atoms with E-state index in [0.29, 0.717) is 25.9 Å². The fourth-order valence-corrected chi connectivity index (χ4v) is 8.22. The number of amides is 1. The lowest BCUT2D eigenvalue weighted by Gasteiger charge is -2.22. The maximum atomic E-state index is 12.4. The Morgan fingerprint density at radius 1 is 0.458 bits per heavy atom. The molecule has 2 unspecified atom stereocenters. The van der Waals surface area contributed by atoms with E-state index < -0.39 is 12.1 Å². The van der Waals surface area contributed by atoms with Gasteiger partial charge in [0.25, 0.3) is 0 Å². The van der Waals surface area contributed by atoms with Gasteiger partial charge in [-0.1, -0.05) is 238 Å². The van der Waals surface area contributed by atoms with Crippen molar-refractivity contribution in [3.05, 3.63) is 12.2 Å². The molecule has 0 fully saturated rings. The highest BCUT2D eigenvalue weighted by atomic mass is 16.5. The molecule has 0 saturated carbocycles. The smallest absolute Gasteiger partial charge is 0.305 e. The zero-order chi connectivity index (χ0) is 43.0. The van der Waals surface area contributed by atoms with Crippen molar-refractivity contribution in [1.29, 1.82) is 0 Å². The quantitative estimate of drug-likeness (QED) is 0.0322. The summed E-state index contributed by atoms with van der Waals surface area (Å²) in [6, 6.07) is -0.545. The van der Waals surface area contributed by atoms with Gasteiger partial charge in [-0.2, -0.15) is 0 Å². The van der Waals surface area contributed by atoms with E-state index in [-0.39, 0.29) is 18.5 Å². The molecule has 350 valence electrons. The number of carbonyl (C=O) groups is 2. The van der Waals surface area contributed by atoms with Crippen LogP contribution in [0.4, 0.5) is 0 Å². The van der Waals surface area contributed by atoms with Crippen LogP contribution in [0, 0.1) is 0 Å². The van der Waals surface area contributed by atoms with Crippen LogP contribution in [0.5, 0.6) is 0 Å². The largest absolute Gasteiger partial charge is 0.466 e. The summed E-state index contributed by atoms with van der Waals surface area (Å²) in [6.07, 6.45) is 56.2. The molecule has 0 aliphatic carbocycles. The molecule has 6 nitrogen and oxygen atoms in total. The van der Waals surface area contributed by atoms with Crippen LogP contribution in [0.2, 0.25) is 0 Å². The van der Waals surface area contributed by atoms with Crippen molar-refractivity contribution in [3.63, 3.8) is 0 Å². The summed E-state index contributed by atoms with van der Waals surface area (Å²) in [7, 11) is 0. The molecular weight excluding hydrogens is 731 g/mol. The Balaban J connectivity index is 3.42. The second-order valence-corrected chi connectivity index (χ2v) is 18.2. The van der Waals surface area contributed by atoms with Crippen LogP contribution in [-0.2, 0) is 14.3 Å². The van der Waals surface area contributed by atoms with Crippen LogP contribution in [-0.4, -0.2) is 47.4 Å². The summed E-state index contributed by atoms with van der Waals surface area (Å²) >= 11 is 0. The maximum Gasteiger partial charge on any atom is 0.305 e. The van der Waals surface area contributed by atoms with Crippen LogP contribution < -0.4 is 5.32 Å². The van der Waals surface area contributed by atoms with E-state index in [1.807, 2.05) is 0 Å². The highest BCUT2D eigenvalue weighted by Crippen LogP contribution is 2.16. The predicted octanol–water partition coefficient (Wildman–Crippen LogP) is 15.7. The van der Waals surface area contributed by atoms with Gasteiger partial charge >= 0.3 is 5.97 Å². The van der Waals surface area contributed by atoms with Crippen molar-refractivity contribution in [3.8, 4) is 0 Å². The van der Waals surface area contributed by atoms with E-state index in [2.05, 4.69) is 31.3 Å². The monoisotopic (exact) mass is 834 g/mol. The van der Waals surface area contributed by atoms with Gasteiger partial charge in [-0.3, -0.25) is 9.59 Å². The average molecular weight is 834 g/mol. The SMILES string of the molecule is CCCCCCCCCCCCCC(=O)OCCCCCCCCCCC/C=C\CCCCCCCCCC(=O)NC(CO)C(O)CCCCCCCCCCCCC. The Kier molecular flexibility index (Phi) is 48.1. The van der Waals surface area contributed by atoms with Crippen molar-refractivity contribution in [2.45, 2.75) is 302 Å². The first kappa shape index (κ1) is 57.6. The van der Waals surface area contributed by atoms with Gasteiger partial charge in [0.05, 0.1) is 25.4 Å². The minimum atomic E-state index is -0.667. The number of ether oxygens (including phenoxy) is 1. The topological polar surface area (TPSA) is 95.9 Å². The number of rotatable bonds is 49. The molecule has 0 saturated heterocycles. The lowest BCUT2D eigenvalue weighted by atomic mass is 10.0. The Morgan fingerprint density at radius 3 is 1.20 bits per heavy atom. The number of carbonyl (C=O) groups excluding carboxylic acids is 2. The molecule has 0 aromatic carbocycles. The molecule has 0 bridgehead atoms. The zero-order valence-corrected chi connectivity index (χ0v) is 39.7. The first-order valence-corrected chi connectivity index (χ1v) is 26.4. The molecule has 0 radical (unpaired) electrons. The first-order valence-electron chi connectivity index (χ1n) is 26.4. The van der Waals surface area contributed by atoms with Crippen molar-refractivity contribution in [1.82, 2.24) is 5.32 Å². The summed E-state index contributed by atoms with van der Waals surface area (Å²) in [6.45, 7) is 4.93. The normalized spacial score (nSPS) is 12.7. The molecule has 0 rings (SSSR count). The predicted molar refractivity (Wildman–Crippen MR) is 255 cm³/mol. The minimum Gasteiger partial charge on any atom is -0.466 e. The van der Waals surface area contributed by atoms with E-state index in [1.165, 1.54) is 218 Å². The Bertz CT molecular complexity index is 878. The van der Waals surface area contributed by atoms with E-state index >= 15 is 0 Å². The van der Waals surface area contributed by atoms with Crippen LogP contribution in [0.1, 0.15) is 290 Å². The Labute approximate surface area is 368 Å². The zero-order valence-electron chi connectivity index (χ0n) is 39.7. The second-order valence-electron chi connectivity index (χ2n) is 18.2.